The molecule has 108 valence electrons. The Bertz CT molecular complexity index is 671. The topological polar surface area (TPSA) is 24.0 Å². The lowest BCUT2D eigenvalue weighted by Crippen LogP contribution is -2.35. The molecule has 1 saturated heterocycles. The average Bonchev–Trinajstić information content (AvgIpc) is 2.73. The number of hydrogen-bond donors (Lipinski definition) is 1. The standard InChI is InChI=1S/C14H18FN3S2/c1-10-8-13-12(9-11(10)15)16-14(19)18(13)3-2-17-4-6-20-7-5-17/h8-9H,2-7H2,1H3,(H,16,19). The van der Waals surface area contributed by atoms with Gasteiger partial charge in [0.2, 0.25) is 0 Å². The molecule has 3 rings (SSSR count). The fourth-order valence-electron chi connectivity index (χ4n) is 2.57. The Labute approximate surface area is 127 Å². The van der Waals surface area contributed by atoms with Crippen molar-refractivity contribution in [1.29, 1.82) is 0 Å². The predicted octanol–water partition coefficient (Wildman–Crippen LogP) is 3.20. The second-order valence-corrected chi connectivity index (χ2v) is 6.77. The van der Waals surface area contributed by atoms with Crippen molar-refractivity contribution in [1.82, 2.24) is 14.5 Å². The number of nitrogens with one attached hydrogen (secondary N) is 1. The third-order valence-electron chi connectivity index (χ3n) is 3.80. The highest BCUT2D eigenvalue weighted by molar-refractivity contribution is 7.99. The molecule has 1 aliphatic rings. The Balaban J connectivity index is 1.85. The van der Waals surface area contributed by atoms with Crippen LogP contribution >= 0.6 is 24.0 Å². The number of hydrogen-bond acceptors (Lipinski definition) is 3. The third kappa shape index (κ3) is 2.77. The molecule has 1 N–H and O–H groups in total. The van der Waals surface area contributed by atoms with Crippen LogP contribution < -0.4 is 0 Å². The zero-order valence-electron chi connectivity index (χ0n) is 11.5. The molecule has 1 aromatic carbocycles. The molecule has 0 spiro atoms. The first kappa shape index (κ1) is 14.1. The van der Waals surface area contributed by atoms with Gasteiger partial charge in [-0.05, 0) is 36.8 Å². The van der Waals surface area contributed by atoms with Crippen molar-refractivity contribution in [3.8, 4) is 0 Å². The summed E-state index contributed by atoms with van der Waals surface area (Å²) in [6, 6.07) is 3.41. The van der Waals surface area contributed by atoms with Crippen LogP contribution in [0.1, 0.15) is 5.56 Å². The number of imidazole rings is 1. The van der Waals surface area contributed by atoms with E-state index in [0.29, 0.717) is 10.3 Å². The maximum atomic E-state index is 13.6. The first-order valence-electron chi connectivity index (χ1n) is 6.84. The minimum Gasteiger partial charge on any atom is -0.330 e. The van der Waals surface area contributed by atoms with Crippen molar-refractivity contribution in [3.63, 3.8) is 0 Å². The molecule has 3 nitrogen and oxygen atoms in total. The predicted molar refractivity (Wildman–Crippen MR) is 85.6 cm³/mol. The minimum absolute atomic E-state index is 0.186. The Morgan fingerprint density at radius 3 is 2.80 bits per heavy atom. The maximum absolute atomic E-state index is 13.6. The Morgan fingerprint density at radius 2 is 2.05 bits per heavy atom. The van der Waals surface area contributed by atoms with Crippen LogP contribution in [0.2, 0.25) is 0 Å². The third-order valence-corrected chi connectivity index (χ3v) is 5.06. The van der Waals surface area contributed by atoms with Crippen molar-refractivity contribution in [2.75, 3.05) is 31.1 Å². The van der Waals surface area contributed by atoms with E-state index < -0.39 is 0 Å². The lowest BCUT2D eigenvalue weighted by atomic mass is 10.2. The number of aromatic amines is 1. The largest absolute Gasteiger partial charge is 0.330 e. The Kier molecular flexibility index (Phi) is 4.14. The van der Waals surface area contributed by atoms with Gasteiger partial charge in [0.1, 0.15) is 5.82 Å². The van der Waals surface area contributed by atoms with E-state index >= 15 is 0 Å². The zero-order chi connectivity index (χ0) is 14.1. The van der Waals surface area contributed by atoms with E-state index in [1.165, 1.54) is 17.6 Å². The quantitative estimate of drug-likeness (QED) is 0.881. The van der Waals surface area contributed by atoms with Gasteiger partial charge in [-0.3, -0.25) is 4.90 Å². The summed E-state index contributed by atoms with van der Waals surface area (Å²) in [6.07, 6.45) is 0. The average molecular weight is 311 g/mol. The molecule has 0 radical (unpaired) electrons. The number of benzene rings is 1. The molecule has 1 aromatic heterocycles. The summed E-state index contributed by atoms with van der Waals surface area (Å²) in [5, 5.41) is 0. The summed E-state index contributed by atoms with van der Waals surface area (Å²) in [7, 11) is 0. The fourth-order valence-corrected chi connectivity index (χ4v) is 3.85. The second-order valence-electron chi connectivity index (χ2n) is 5.15. The highest BCUT2D eigenvalue weighted by atomic mass is 32.2. The molecule has 2 heterocycles. The Hall–Kier alpha value is -0.850. The van der Waals surface area contributed by atoms with E-state index in [2.05, 4.69) is 14.5 Å². The monoisotopic (exact) mass is 311 g/mol. The van der Waals surface area contributed by atoms with E-state index in [0.717, 1.165) is 37.2 Å². The van der Waals surface area contributed by atoms with Gasteiger partial charge in [-0.2, -0.15) is 11.8 Å². The molecule has 0 atom stereocenters. The van der Waals surface area contributed by atoms with Gasteiger partial charge in [-0.15, -0.1) is 0 Å². The molecule has 6 heteroatoms. The number of fused-ring (bicyclic) bond motifs is 1. The molecule has 0 amide bonds. The van der Waals surface area contributed by atoms with Crippen LogP contribution in [0.5, 0.6) is 0 Å². The van der Waals surface area contributed by atoms with E-state index in [4.69, 9.17) is 12.2 Å². The molecular formula is C14H18FN3S2. The lowest BCUT2D eigenvalue weighted by Gasteiger charge is -2.26. The van der Waals surface area contributed by atoms with Crippen LogP contribution in [0, 0.1) is 17.5 Å². The molecule has 1 aliphatic heterocycles. The van der Waals surface area contributed by atoms with Gasteiger partial charge in [0.05, 0.1) is 11.0 Å². The minimum atomic E-state index is -0.186. The second kappa shape index (κ2) is 5.87. The van der Waals surface area contributed by atoms with Gasteiger partial charge in [0.25, 0.3) is 0 Å². The first-order valence-corrected chi connectivity index (χ1v) is 8.40. The van der Waals surface area contributed by atoms with Gasteiger partial charge in [0.15, 0.2) is 4.77 Å². The summed E-state index contributed by atoms with van der Waals surface area (Å²) in [4.78, 5) is 5.56. The number of aryl methyl sites for hydroxylation is 1. The fraction of sp³-hybridized carbons (Fsp3) is 0.500. The van der Waals surface area contributed by atoms with E-state index in [1.807, 2.05) is 17.8 Å². The maximum Gasteiger partial charge on any atom is 0.178 e. The smallest absolute Gasteiger partial charge is 0.178 e. The highest BCUT2D eigenvalue weighted by Gasteiger charge is 2.12. The summed E-state index contributed by atoms with van der Waals surface area (Å²) < 4.78 is 16.4. The van der Waals surface area contributed by atoms with Crippen LogP contribution in [0.4, 0.5) is 4.39 Å². The molecule has 0 aliphatic carbocycles. The van der Waals surface area contributed by atoms with Gasteiger partial charge in [0, 0.05) is 37.7 Å². The number of aromatic nitrogens is 2. The van der Waals surface area contributed by atoms with Crippen LogP contribution in [0.25, 0.3) is 11.0 Å². The number of halogens is 1. The molecule has 20 heavy (non-hydrogen) atoms. The summed E-state index contributed by atoms with van der Waals surface area (Å²) in [5.41, 5.74) is 2.45. The SMILES string of the molecule is Cc1cc2c(cc1F)[nH]c(=S)n2CCN1CCSCC1. The molecule has 2 aromatic rings. The zero-order valence-corrected chi connectivity index (χ0v) is 13.1. The van der Waals surface area contributed by atoms with Gasteiger partial charge in [-0.1, -0.05) is 0 Å². The van der Waals surface area contributed by atoms with E-state index in [1.54, 1.807) is 6.92 Å². The van der Waals surface area contributed by atoms with Crippen LogP contribution in [-0.2, 0) is 6.54 Å². The molecular weight excluding hydrogens is 293 g/mol. The van der Waals surface area contributed by atoms with E-state index in [9.17, 15) is 4.39 Å². The van der Waals surface area contributed by atoms with Crippen molar-refractivity contribution in [2.24, 2.45) is 0 Å². The van der Waals surface area contributed by atoms with Crippen molar-refractivity contribution in [3.05, 3.63) is 28.3 Å². The van der Waals surface area contributed by atoms with Crippen molar-refractivity contribution >= 4 is 35.0 Å². The van der Waals surface area contributed by atoms with Crippen LogP contribution in [-0.4, -0.2) is 45.6 Å². The van der Waals surface area contributed by atoms with Crippen molar-refractivity contribution < 1.29 is 4.39 Å². The molecule has 0 unspecified atom stereocenters. The summed E-state index contributed by atoms with van der Waals surface area (Å²) >= 11 is 7.38. The Morgan fingerprint density at radius 1 is 1.30 bits per heavy atom. The van der Waals surface area contributed by atoms with Crippen LogP contribution in [0.3, 0.4) is 0 Å². The number of thioether (sulfide) groups is 1. The molecule has 1 fully saturated rings. The number of H-pyrrole nitrogens is 1. The van der Waals surface area contributed by atoms with E-state index in [-0.39, 0.29) is 5.82 Å². The molecule has 0 saturated carbocycles. The number of nitrogens with zero attached hydrogens (tertiary/aromatic N) is 2. The summed E-state index contributed by atoms with van der Waals surface area (Å²) in [6.45, 7) is 5.94. The van der Waals surface area contributed by atoms with Gasteiger partial charge >= 0.3 is 0 Å². The van der Waals surface area contributed by atoms with Gasteiger partial charge < -0.3 is 9.55 Å². The summed E-state index contributed by atoms with van der Waals surface area (Å²) in [5.74, 6) is 2.24. The normalized spacial score (nSPS) is 16.9. The highest BCUT2D eigenvalue weighted by Crippen LogP contribution is 2.19. The number of rotatable bonds is 3. The van der Waals surface area contributed by atoms with Gasteiger partial charge in [-0.25, -0.2) is 4.39 Å². The lowest BCUT2D eigenvalue weighted by molar-refractivity contribution is 0.290. The molecule has 0 bridgehead atoms. The van der Waals surface area contributed by atoms with Crippen molar-refractivity contribution in [2.45, 2.75) is 13.5 Å². The van der Waals surface area contributed by atoms with Crippen LogP contribution in [0.15, 0.2) is 12.1 Å². The first-order chi connectivity index (χ1) is 9.65.